The van der Waals surface area contributed by atoms with Gasteiger partial charge in [0.05, 0.1) is 17.1 Å². The van der Waals surface area contributed by atoms with Crippen LogP contribution in [-0.4, -0.2) is 29.5 Å². The Morgan fingerprint density at radius 2 is 2.07 bits per heavy atom. The van der Waals surface area contributed by atoms with E-state index in [0.717, 1.165) is 28.2 Å². The molecule has 0 bridgehead atoms. The molecular weight excluding hydrogens is 364 g/mol. The van der Waals surface area contributed by atoms with Gasteiger partial charge in [-0.3, -0.25) is 4.68 Å². The molecule has 3 aromatic heterocycles. The lowest BCUT2D eigenvalue weighted by Crippen LogP contribution is -2.03. The minimum Gasteiger partial charge on any atom is -0.332 e. The van der Waals surface area contributed by atoms with Crippen molar-refractivity contribution in [2.75, 3.05) is 0 Å². The first-order chi connectivity index (χ1) is 13.0. The molecule has 0 amide bonds. The highest BCUT2D eigenvalue weighted by molar-refractivity contribution is 6.31. The molecular formula is C19H17ClN6O. The van der Waals surface area contributed by atoms with Crippen LogP contribution in [0.3, 0.4) is 0 Å². The van der Waals surface area contributed by atoms with Crippen molar-refractivity contribution in [3.8, 4) is 28.5 Å². The number of aromatic nitrogens is 6. The number of rotatable bonds is 2. The third kappa shape index (κ3) is 2.49. The number of nitrogens with zero attached hydrogens (tertiary/aromatic N) is 6. The lowest BCUT2D eigenvalue weighted by molar-refractivity contribution is 0.424. The number of fused-ring (bicyclic) bond motifs is 5. The monoisotopic (exact) mass is 380 g/mol. The molecule has 0 saturated heterocycles. The van der Waals surface area contributed by atoms with Gasteiger partial charge in [0, 0.05) is 34.8 Å². The first kappa shape index (κ1) is 16.3. The minimum absolute atomic E-state index is 0.266. The van der Waals surface area contributed by atoms with E-state index in [9.17, 15) is 0 Å². The van der Waals surface area contributed by atoms with Crippen LogP contribution >= 0.6 is 11.6 Å². The van der Waals surface area contributed by atoms with Gasteiger partial charge in [-0.1, -0.05) is 16.8 Å². The quantitative estimate of drug-likeness (QED) is 0.458. The van der Waals surface area contributed by atoms with Crippen LogP contribution < -0.4 is 0 Å². The van der Waals surface area contributed by atoms with Crippen molar-refractivity contribution >= 4 is 11.6 Å². The summed E-state index contributed by atoms with van der Waals surface area (Å²) in [6.45, 7) is 6.02. The Hall–Kier alpha value is -2.93. The van der Waals surface area contributed by atoms with E-state index in [1.807, 2.05) is 22.9 Å². The third-order valence-corrected chi connectivity index (χ3v) is 5.00. The summed E-state index contributed by atoms with van der Waals surface area (Å²) in [6.07, 6.45) is 4.54. The molecule has 1 aliphatic heterocycles. The van der Waals surface area contributed by atoms with Crippen molar-refractivity contribution in [2.24, 2.45) is 0 Å². The van der Waals surface area contributed by atoms with Gasteiger partial charge in [-0.15, -0.1) is 0 Å². The molecule has 0 unspecified atom stereocenters. The summed E-state index contributed by atoms with van der Waals surface area (Å²) in [6, 6.07) is 6.10. The number of benzene rings is 1. The fourth-order valence-corrected chi connectivity index (χ4v) is 3.63. The Balaban J connectivity index is 1.79. The molecule has 4 heterocycles. The summed E-state index contributed by atoms with van der Waals surface area (Å²) in [4.78, 5) is 8.92. The molecule has 8 heteroatoms. The minimum atomic E-state index is 0.266. The van der Waals surface area contributed by atoms with Crippen LogP contribution in [0.2, 0.25) is 5.02 Å². The molecule has 4 aromatic rings. The maximum atomic E-state index is 6.30. The molecule has 136 valence electrons. The van der Waals surface area contributed by atoms with Crippen molar-refractivity contribution in [3.63, 3.8) is 0 Å². The molecule has 0 fully saturated rings. The van der Waals surface area contributed by atoms with Gasteiger partial charge in [0.25, 0.3) is 5.89 Å². The van der Waals surface area contributed by atoms with E-state index in [0.29, 0.717) is 28.9 Å². The third-order valence-electron chi connectivity index (χ3n) is 4.76. The summed E-state index contributed by atoms with van der Waals surface area (Å²) in [5, 5.41) is 9.41. The van der Waals surface area contributed by atoms with Gasteiger partial charge in [0.2, 0.25) is 0 Å². The second-order valence-electron chi connectivity index (χ2n) is 6.97. The number of hydrogen-bond donors (Lipinski definition) is 0. The highest BCUT2D eigenvalue weighted by Gasteiger charge is 2.27. The number of hydrogen-bond acceptors (Lipinski definition) is 5. The van der Waals surface area contributed by atoms with Crippen molar-refractivity contribution in [1.82, 2.24) is 29.5 Å². The summed E-state index contributed by atoms with van der Waals surface area (Å²) in [7, 11) is 0. The lowest BCUT2D eigenvalue weighted by atomic mass is 10.0. The Morgan fingerprint density at radius 3 is 2.81 bits per heavy atom. The fourth-order valence-electron chi connectivity index (χ4n) is 3.46. The molecule has 0 atom stereocenters. The maximum Gasteiger partial charge on any atom is 0.278 e. The summed E-state index contributed by atoms with van der Waals surface area (Å²) in [5.41, 5.74) is 5.71. The van der Waals surface area contributed by atoms with Crippen LogP contribution in [0, 0.1) is 6.92 Å². The average molecular weight is 381 g/mol. The molecule has 0 radical (unpaired) electrons. The lowest BCUT2D eigenvalue weighted by Gasteiger charge is -2.10. The molecule has 0 N–H and O–H groups in total. The van der Waals surface area contributed by atoms with Gasteiger partial charge in [-0.05, 0) is 39.0 Å². The maximum absolute atomic E-state index is 6.30. The van der Waals surface area contributed by atoms with Crippen LogP contribution in [0.1, 0.15) is 37.0 Å². The topological polar surface area (TPSA) is 74.6 Å². The SMILES string of the molecule is Cc1noc(-c2ncn3c2Cc2cn(C(C)C)nc2-c2cc(Cl)ccc2-3)n1. The fraction of sp³-hybridized carbons (Fsp3) is 0.263. The van der Waals surface area contributed by atoms with Crippen LogP contribution in [0.15, 0.2) is 35.2 Å². The second kappa shape index (κ2) is 5.79. The van der Waals surface area contributed by atoms with Crippen LogP contribution in [0.25, 0.3) is 28.5 Å². The van der Waals surface area contributed by atoms with E-state index >= 15 is 0 Å². The van der Waals surface area contributed by atoms with Crippen LogP contribution in [0.5, 0.6) is 0 Å². The molecule has 0 saturated carbocycles. The van der Waals surface area contributed by atoms with E-state index in [1.165, 1.54) is 0 Å². The van der Waals surface area contributed by atoms with E-state index in [1.54, 1.807) is 13.3 Å². The van der Waals surface area contributed by atoms with Crippen LogP contribution in [0.4, 0.5) is 0 Å². The summed E-state index contributed by atoms with van der Waals surface area (Å²) in [5.74, 6) is 1.01. The highest BCUT2D eigenvalue weighted by Crippen LogP contribution is 2.38. The highest BCUT2D eigenvalue weighted by atomic mass is 35.5. The Morgan fingerprint density at radius 1 is 1.22 bits per heavy atom. The largest absolute Gasteiger partial charge is 0.332 e. The molecule has 7 nitrogen and oxygen atoms in total. The zero-order chi connectivity index (χ0) is 18.7. The van der Waals surface area contributed by atoms with E-state index in [4.69, 9.17) is 21.2 Å². The van der Waals surface area contributed by atoms with Crippen molar-refractivity contribution in [2.45, 2.75) is 33.2 Å². The first-order valence-corrected chi connectivity index (χ1v) is 9.14. The van der Waals surface area contributed by atoms with Crippen molar-refractivity contribution in [1.29, 1.82) is 0 Å². The van der Waals surface area contributed by atoms with Gasteiger partial charge in [0.15, 0.2) is 11.5 Å². The predicted octanol–water partition coefficient (Wildman–Crippen LogP) is 4.23. The zero-order valence-corrected chi connectivity index (χ0v) is 15.9. The Labute approximate surface area is 160 Å². The molecule has 1 aromatic carbocycles. The van der Waals surface area contributed by atoms with Crippen molar-refractivity contribution in [3.05, 3.63) is 52.8 Å². The van der Waals surface area contributed by atoms with Crippen LogP contribution in [-0.2, 0) is 6.42 Å². The standard InChI is InChI=1S/C19H17ClN6O/c1-10(2)26-8-12-6-16-18(19-22-11(3)24-27-19)21-9-25(16)15-5-4-13(20)7-14(15)17(12)23-26/h4-5,7-10H,6H2,1-3H3. The number of aryl methyl sites for hydroxylation is 1. The van der Waals surface area contributed by atoms with E-state index in [-0.39, 0.29) is 6.04 Å². The molecule has 1 aliphatic rings. The predicted molar refractivity (Wildman–Crippen MR) is 101 cm³/mol. The Kier molecular flexibility index (Phi) is 3.48. The summed E-state index contributed by atoms with van der Waals surface area (Å²) < 4.78 is 9.42. The summed E-state index contributed by atoms with van der Waals surface area (Å²) >= 11 is 6.30. The molecule has 27 heavy (non-hydrogen) atoms. The van der Waals surface area contributed by atoms with Gasteiger partial charge >= 0.3 is 0 Å². The van der Waals surface area contributed by atoms with E-state index in [2.05, 4.69) is 39.7 Å². The van der Waals surface area contributed by atoms with Gasteiger partial charge in [-0.25, -0.2) is 4.98 Å². The smallest absolute Gasteiger partial charge is 0.278 e. The zero-order valence-electron chi connectivity index (χ0n) is 15.1. The van der Waals surface area contributed by atoms with Crippen molar-refractivity contribution < 1.29 is 4.52 Å². The van der Waals surface area contributed by atoms with Gasteiger partial charge < -0.3 is 9.09 Å². The molecule has 0 spiro atoms. The Bertz CT molecular complexity index is 1170. The van der Waals surface area contributed by atoms with E-state index < -0.39 is 0 Å². The normalized spacial score (nSPS) is 12.6. The van der Waals surface area contributed by atoms with Gasteiger partial charge in [0.1, 0.15) is 6.33 Å². The average Bonchev–Trinajstić information content (AvgIpc) is 3.32. The second-order valence-corrected chi connectivity index (χ2v) is 7.41. The molecule has 0 aliphatic carbocycles. The number of imidazole rings is 1. The first-order valence-electron chi connectivity index (χ1n) is 8.76. The number of halogens is 1. The van der Waals surface area contributed by atoms with Gasteiger partial charge in [-0.2, -0.15) is 10.1 Å². The molecule has 5 rings (SSSR count).